The van der Waals surface area contributed by atoms with Gasteiger partial charge in [-0.15, -0.1) is 0 Å². The summed E-state index contributed by atoms with van der Waals surface area (Å²) in [5.74, 6) is 1.87. The maximum atomic E-state index is 12.8. The number of aromatic nitrogens is 3. The first-order chi connectivity index (χ1) is 15.7. The molecule has 0 saturated carbocycles. The molecular formula is C21H19BrF3N5O2S. The number of rotatable bonds is 5. The minimum atomic E-state index is -4.42. The van der Waals surface area contributed by atoms with E-state index in [-0.39, 0.29) is 17.6 Å². The number of piperidine rings is 1. The van der Waals surface area contributed by atoms with Gasteiger partial charge in [0.25, 0.3) is 0 Å². The van der Waals surface area contributed by atoms with Gasteiger partial charge in [0, 0.05) is 54.2 Å². The van der Waals surface area contributed by atoms with E-state index in [0.29, 0.717) is 40.1 Å². The molecule has 0 radical (unpaired) electrons. The number of hydrogen-bond acceptors (Lipinski definition) is 7. The van der Waals surface area contributed by atoms with Crippen LogP contribution >= 0.6 is 27.5 Å². The molecule has 7 nitrogen and oxygen atoms in total. The highest BCUT2D eigenvalue weighted by molar-refractivity contribution is 9.10. The molecule has 3 heterocycles. The Balaban J connectivity index is 1.47. The zero-order chi connectivity index (χ0) is 23.6. The molecule has 12 heteroatoms. The second-order valence-corrected chi connectivity index (χ2v) is 9.16. The van der Waals surface area contributed by atoms with Crippen molar-refractivity contribution in [1.29, 1.82) is 0 Å². The second-order valence-electron chi connectivity index (χ2n) is 7.49. The Labute approximate surface area is 200 Å². The third-order valence-electron chi connectivity index (χ3n) is 5.20. The number of nitrogens with one attached hydrogen (secondary N) is 1. The Morgan fingerprint density at radius 3 is 2.58 bits per heavy atom. The van der Waals surface area contributed by atoms with Crippen LogP contribution < -0.4 is 10.1 Å². The minimum Gasteiger partial charge on any atom is -0.453 e. The van der Waals surface area contributed by atoms with Gasteiger partial charge in [-0.05, 0) is 53.0 Å². The zero-order valence-corrected chi connectivity index (χ0v) is 19.8. The lowest BCUT2D eigenvalue weighted by molar-refractivity contribution is -0.137. The molecule has 4 rings (SSSR count). The van der Waals surface area contributed by atoms with E-state index in [1.807, 2.05) is 4.90 Å². The number of hydrogen-bond donors (Lipinski definition) is 1. The number of carbonyl (C=O) groups excluding carboxylic acids is 1. The highest BCUT2D eigenvalue weighted by Gasteiger charge is 2.30. The van der Waals surface area contributed by atoms with Crippen molar-refractivity contribution in [2.75, 3.05) is 18.4 Å². The van der Waals surface area contributed by atoms with Crippen molar-refractivity contribution in [3.63, 3.8) is 0 Å². The fraction of sp³-hybridized carbons (Fsp3) is 0.333. The highest BCUT2D eigenvalue weighted by atomic mass is 79.9. The number of halogens is 4. The number of alkyl halides is 3. The number of benzene rings is 1. The lowest BCUT2D eigenvalue weighted by Crippen LogP contribution is -2.36. The average molecular weight is 542 g/mol. The second kappa shape index (κ2) is 9.64. The van der Waals surface area contributed by atoms with Crippen molar-refractivity contribution in [2.45, 2.75) is 31.9 Å². The molecule has 1 saturated heterocycles. The molecule has 1 aliphatic rings. The molecule has 1 fully saturated rings. The Morgan fingerprint density at radius 1 is 1.24 bits per heavy atom. The molecule has 1 N–H and O–H groups in total. The first kappa shape index (κ1) is 23.4. The van der Waals surface area contributed by atoms with Gasteiger partial charge in [-0.25, -0.2) is 9.97 Å². The summed E-state index contributed by atoms with van der Waals surface area (Å²) in [6, 6.07) is 6.09. The van der Waals surface area contributed by atoms with Crippen LogP contribution in [-0.4, -0.2) is 38.2 Å². The van der Waals surface area contributed by atoms with Gasteiger partial charge in [0.05, 0.1) is 5.56 Å². The summed E-state index contributed by atoms with van der Waals surface area (Å²) in [5.41, 5.74) is -0.754. The van der Waals surface area contributed by atoms with Gasteiger partial charge in [-0.2, -0.15) is 17.5 Å². The summed E-state index contributed by atoms with van der Waals surface area (Å²) in [6.45, 7) is 2.93. The molecule has 0 spiro atoms. The molecule has 2 aromatic heterocycles. The van der Waals surface area contributed by atoms with Crippen LogP contribution in [-0.2, 0) is 11.0 Å². The van der Waals surface area contributed by atoms with E-state index >= 15 is 0 Å². The molecule has 1 aromatic carbocycles. The van der Waals surface area contributed by atoms with Crippen molar-refractivity contribution in [2.24, 2.45) is 0 Å². The van der Waals surface area contributed by atoms with Crippen LogP contribution in [0.15, 0.2) is 41.0 Å². The van der Waals surface area contributed by atoms with Gasteiger partial charge >= 0.3 is 6.18 Å². The van der Waals surface area contributed by atoms with Crippen molar-refractivity contribution < 1.29 is 22.7 Å². The van der Waals surface area contributed by atoms with Gasteiger partial charge in [0.2, 0.25) is 11.0 Å². The monoisotopic (exact) mass is 541 g/mol. The molecule has 33 heavy (non-hydrogen) atoms. The number of pyridine rings is 1. The molecule has 3 aromatic rings. The van der Waals surface area contributed by atoms with Gasteiger partial charge in [-0.3, -0.25) is 4.79 Å². The van der Waals surface area contributed by atoms with E-state index < -0.39 is 11.7 Å². The lowest BCUT2D eigenvalue weighted by Gasteiger charge is -2.29. The van der Waals surface area contributed by atoms with Gasteiger partial charge in [0.1, 0.15) is 11.6 Å². The molecule has 0 unspecified atom stereocenters. The first-order valence-corrected chi connectivity index (χ1v) is 11.6. The summed E-state index contributed by atoms with van der Waals surface area (Å²) in [5, 5.41) is 3.61. The summed E-state index contributed by atoms with van der Waals surface area (Å²) in [4.78, 5) is 22.2. The molecule has 0 bridgehead atoms. The van der Waals surface area contributed by atoms with Crippen LogP contribution in [0.4, 0.5) is 24.1 Å². The van der Waals surface area contributed by atoms with E-state index in [2.05, 4.69) is 35.6 Å². The van der Waals surface area contributed by atoms with Crippen LogP contribution in [0.1, 0.15) is 37.1 Å². The molecule has 0 atom stereocenters. The van der Waals surface area contributed by atoms with E-state index in [0.717, 1.165) is 25.0 Å². The van der Waals surface area contributed by atoms with E-state index in [1.54, 1.807) is 19.2 Å². The van der Waals surface area contributed by atoms with Crippen LogP contribution in [0.3, 0.4) is 0 Å². The molecule has 174 valence electrons. The maximum absolute atomic E-state index is 12.8. The standard InChI is InChI=1S/C21H19BrF3N5O2S/c1-12(31)30-8-6-13(7-9-30)18-27-20(33-29-18)28-19-17(10-15(22)11-26-19)32-16-4-2-14(3-5-16)21(23,24)25/h2-5,10-11,13H,6-9H2,1H3,(H,26,27,28,29). The number of carbonyl (C=O) groups is 1. The Kier molecular flexibility index (Phi) is 6.84. The summed E-state index contributed by atoms with van der Waals surface area (Å²) >= 11 is 4.52. The topological polar surface area (TPSA) is 80.2 Å². The van der Waals surface area contributed by atoms with Gasteiger partial charge in [-0.1, -0.05) is 0 Å². The number of amides is 1. The fourth-order valence-electron chi connectivity index (χ4n) is 3.44. The van der Waals surface area contributed by atoms with Crippen LogP contribution in [0.25, 0.3) is 0 Å². The predicted molar refractivity (Wildman–Crippen MR) is 121 cm³/mol. The molecule has 1 amide bonds. The van der Waals surface area contributed by atoms with Crippen molar-refractivity contribution >= 4 is 44.3 Å². The zero-order valence-electron chi connectivity index (χ0n) is 17.4. The number of likely N-dealkylation sites (tertiary alicyclic amines) is 1. The normalized spacial score (nSPS) is 14.9. The summed E-state index contributed by atoms with van der Waals surface area (Å²) in [7, 11) is 0. The Morgan fingerprint density at radius 2 is 1.94 bits per heavy atom. The van der Waals surface area contributed by atoms with Crippen molar-refractivity contribution in [3.05, 3.63) is 52.4 Å². The Hall–Kier alpha value is -2.73. The van der Waals surface area contributed by atoms with Crippen molar-refractivity contribution in [3.8, 4) is 11.5 Å². The van der Waals surface area contributed by atoms with Crippen LogP contribution in [0.5, 0.6) is 11.5 Å². The largest absolute Gasteiger partial charge is 0.453 e. The number of ether oxygens (including phenoxy) is 1. The van der Waals surface area contributed by atoms with E-state index in [4.69, 9.17) is 4.74 Å². The maximum Gasteiger partial charge on any atom is 0.416 e. The third kappa shape index (κ3) is 5.80. The third-order valence-corrected chi connectivity index (χ3v) is 6.28. The fourth-order valence-corrected chi connectivity index (χ4v) is 4.39. The Bertz CT molecular complexity index is 1130. The van der Waals surface area contributed by atoms with E-state index in [9.17, 15) is 18.0 Å². The minimum absolute atomic E-state index is 0.0731. The lowest BCUT2D eigenvalue weighted by atomic mass is 9.96. The number of anilines is 2. The molecule has 1 aliphatic heterocycles. The van der Waals surface area contributed by atoms with E-state index in [1.165, 1.54) is 23.7 Å². The van der Waals surface area contributed by atoms with Crippen LogP contribution in [0, 0.1) is 0 Å². The predicted octanol–water partition coefficient (Wildman–Crippen LogP) is 5.98. The summed E-state index contributed by atoms with van der Waals surface area (Å²) in [6.07, 6.45) is -1.24. The first-order valence-electron chi connectivity index (χ1n) is 10.1. The smallest absolute Gasteiger partial charge is 0.416 e. The SMILES string of the molecule is CC(=O)N1CCC(c2nsc(Nc3ncc(Br)cc3Oc3ccc(C(F)(F)F)cc3)n2)CC1. The number of nitrogens with zero attached hydrogens (tertiary/aromatic N) is 4. The molecular weight excluding hydrogens is 523 g/mol. The quantitative estimate of drug-likeness (QED) is 0.428. The summed E-state index contributed by atoms with van der Waals surface area (Å²) < 4.78 is 49.3. The van der Waals surface area contributed by atoms with Crippen LogP contribution in [0.2, 0.25) is 0 Å². The highest BCUT2D eigenvalue weighted by Crippen LogP contribution is 2.36. The van der Waals surface area contributed by atoms with Gasteiger partial charge < -0.3 is 15.0 Å². The van der Waals surface area contributed by atoms with Gasteiger partial charge in [0.15, 0.2) is 11.6 Å². The average Bonchev–Trinajstić information content (AvgIpc) is 3.24. The molecule has 0 aliphatic carbocycles. The van der Waals surface area contributed by atoms with Crippen molar-refractivity contribution in [1.82, 2.24) is 19.2 Å².